The molecule has 2 rings (SSSR count). The lowest BCUT2D eigenvalue weighted by atomic mass is 9.98. The van der Waals surface area contributed by atoms with E-state index in [9.17, 15) is 9.90 Å². The van der Waals surface area contributed by atoms with Crippen LogP contribution in [0.25, 0.3) is 0 Å². The third-order valence-corrected chi connectivity index (χ3v) is 2.72. The number of carbonyl (C=O) groups is 1. The lowest BCUT2D eigenvalue weighted by molar-refractivity contribution is -0.119. The van der Waals surface area contributed by atoms with Gasteiger partial charge in [-0.15, -0.1) is 0 Å². The maximum Gasteiger partial charge on any atom is 0.220 e. The molecule has 1 saturated heterocycles. The Morgan fingerprint density at radius 2 is 2.29 bits per heavy atom. The number of benzene rings is 1. The third kappa shape index (κ3) is 1.68. The summed E-state index contributed by atoms with van der Waals surface area (Å²) in [5.41, 5.74) is 0.992. The van der Waals surface area contributed by atoms with Crippen LogP contribution in [0.4, 0.5) is 0 Å². The van der Waals surface area contributed by atoms with Gasteiger partial charge in [0, 0.05) is 18.9 Å². The number of aromatic hydroxyl groups is 1. The van der Waals surface area contributed by atoms with E-state index in [1.54, 1.807) is 18.2 Å². The molecule has 1 unspecified atom stereocenters. The smallest absolute Gasteiger partial charge is 0.220 e. The van der Waals surface area contributed by atoms with E-state index in [0.717, 1.165) is 5.56 Å². The lowest BCUT2D eigenvalue weighted by Gasteiger charge is -2.08. The number of amides is 1. The van der Waals surface area contributed by atoms with Gasteiger partial charge in [-0.3, -0.25) is 4.79 Å². The van der Waals surface area contributed by atoms with E-state index in [-0.39, 0.29) is 17.6 Å². The van der Waals surface area contributed by atoms with Gasteiger partial charge in [-0.05, 0) is 17.7 Å². The van der Waals surface area contributed by atoms with Gasteiger partial charge in [0.2, 0.25) is 5.91 Å². The van der Waals surface area contributed by atoms with Gasteiger partial charge >= 0.3 is 0 Å². The maximum atomic E-state index is 11.0. The summed E-state index contributed by atoms with van der Waals surface area (Å²) in [6.07, 6.45) is 0.501. The lowest BCUT2D eigenvalue weighted by Crippen LogP contribution is -2.13. The normalized spacial score (nSPS) is 20.9. The first kappa shape index (κ1) is 9.34. The van der Waals surface area contributed by atoms with E-state index in [2.05, 4.69) is 5.32 Å². The Labute approximate surface area is 86.7 Å². The van der Waals surface area contributed by atoms with Crippen LogP contribution in [0.3, 0.4) is 0 Å². The molecule has 0 radical (unpaired) electrons. The molecule has 1 aromatic carbocycles. The van der Waals surface area contributed by atoms with Crippen LogP contribution in [-0.4, -0.2) is 17.6 Å². The fourth-order valence-corrected chi connectivity index (χ4v) is 1.81. The van der Waals surface area contributed by atoms with Crippen molar-refractivity contribution < 1.29 is 9.90 Å². The Kier molecular flexibility index (Phi) is 2.33. The van der Waals surface area contributed by atoms with Crippen molar-refractivity contribution in [2.45, 2.75) is 12.3 Å². The number of hydrogen-bond donors (Lipinski definition) is 2. The van der Waals surface area contributed by atoms with E-state index in [1.807, 2.05) is 0 Å². The zero-order valence-electron chi connectivity index (χ0n) is 7.46. The molecule has 0 bridgehead atoms. The van der Waals surface area contributed by atoms with Crippen molar-refractivity contribution in [3.8, 4) is 5.75 Å². The number of carbonyl (C=O) groups excluding carboxylic acids is 1. The molecule has 1 fully saturated rings. The van der Waals surface area contributed by atoms with Crippen LogP contribution >= 0.6 is 11.6 Å². The summed E-state index contributed by atoms with van der Waals surface area (Å²) in [6.45, 7) is 0.653. The molecular weight excluding hydrogens is 202 g/mol. The summed E-state index contributed by atoms with van der Waals surface area (Å²) in [5, 5.41) is 12.3. The Morgan fingerprint density at radius 3 is 2.86 bits per heavy atom. The van der Waals surface area contributed by atoms with Crippen LogP contribution in [0.5, 0.6) is 5.75 Å². The number of hydrogen-bond acceptors (Lipinski definition) is 2. The standard InChI is InChI=1S/C10H10ClNO2/c11-8-3-6(1-2-9(8)13)7-4-10(14)12-5-7/h1-3,7,13H,4-5H2,(H,12,14). The van der Waals surface area contributed by atoms with Crippen LogP contribution < -0.4 is 5.32 Å². The zero-order valence-corrected chi connectivity index (χ0v) is 8.21. The van der Waals surface area contributed by atoms with Crippen LogP contribution in [0.15, 0.2) is 18.2 Å². The van der Waals surface area contributed by atoms with Crippen molar-refractivity contribution in [3.05, 3.63) is 28.8 Å². The van der Waals surface area contributed by atoms with Crippen LogP contribution in [0.2, 0.25) is 5.02 Å². The number of phenols is 1. The van der Waals surface area contributed by atoms with Crippen molar-refractivity contribution in [1.29, 1.82) is 0 Å². The van der Waals surface area contributed by atoms with Gasteiger partial charge in [0.15, 0.2) is 0 Å². The summed E-state index contributed by atoms with van der Waals surface area (Å²) >= 11 is 5.77. The molecule has 4 heteroatoms. The van der Waals surface area contributed by atoms with Gasteiger partial charge < -0.3 is 10.4 Å². The first-order valence-corrected chi connectivity index (χ1v) is 4.79. The Balaban J connectivity index is 2.24. The highest BCUT2D eigenvalue weighted by atomic mass is 35.5. The predicted octanol–water partition coefficient (Wildman–Crippen LogP) is 1.65. The molecule has 1 atom stereocenters. The van der Waals surface area contributed by atoms with Gasteiger partial charge in [0.25, 0.3) is 0 Å². The summed E-state index contributed by atoms with van der Waals surface area (Å²) in [7, 11) is 0. The molecule has 1 heterocycles. The second kappa shape index (κ2) is 3.50. The van der Waals surface area contributed by atoms with Gasteiger partial charge in [-0.1, -0.05) is 17.7 Å². The molecule has 1 aliphatic rings. The second-order valence-corrected chi connectivity index (χ2v) is 3.82. The van der Waals surface area contributed by atoms with Gasteiger partial charge in [-0.25, -0.2) is 0 Å². The molecule has 1 aliphatic heterocycles. The largest absolute Gasteiger partial charge is 0.506 e. The first-order chi connectivity index (χ1) is 6.66. The first-order valence-electron chi connectivity index (χ1n) is 4.42. The molecular formula is C10H10ClNO2. The van der Waals surface area contributed by atoms with Gasteiger partial charge in [0.1, 0.15) is 5.75 Å². The Bertz CT molecular complexity index is 378. The van der Waals surface area contributed by atoms with Crippen LogP contribution in [0, 0.1) is 0 Å². The van der Waals surface area contributed by atoms with Gasteiger partial charge in [-0.2, -0.15) is 0 Å². The quantitative estimate of drug-likeness (QED) is 0.742. The maximum absolute atomic E-state index is 11.0. The van der Waals surface area contributed by atoms with Crippen molar-refractivity contribution in [2.75, 3.05) is 6.54 Å². The van der Waals surface area contributed by atoms with Gasteiger partial charge in [0.05, 0.1) is 5.02 Å². The van der Waals surface area contributed by atoms with Crippen molar-refractivity contribution in [1.82, 2.24) is 5.32 Å². The molecule has 1 amide bonds. The molecule has 0 aliphatic carbocycles. The summed E-state index contributed by atoms with van der Waals surface area (Å²) in [5.74, 6) is 0.326. The Hall–Kier alpha value is -1.22. The minimum Gasteiger partial charge on any atom is -0.506 e. The minimum atomic E-state index is 0.0687. The van der Waals surface area contributed by atoms with Crippen molar-refractivity contribution >= 4 is 17.5 Å². The monoisotopic (exact) mass is 211 g/mol. The molecule has 14 heavy (non-hydrogen) atoms. The van der Waals surface area contributed by atoms with E-state index in [0.29, 0.717) is 18.0 Å². The Morgan fingerprint density at radius 1 is 1.50 bits per heavy atom. The fraction of sp³-hybridized carbons (Fsp3) is 0.300. The van der Waals surface area contributed by atoms with Crippen molar-refractivity contribution in [2.24, 2.45) is 0 Å². The number of nitrogens with one attached hydrogen (secondary N) is 1. The molecule has 74 valence electrons. The molecule has 0 saturated carbocycles. The van der Waals surface area contributed by atoms with E-state index >= 15 is 0 Å². The zero-order chi connectivity index (χ0) is 10.1. The fourth-order valence-electron chi connectivity index (χ4n) is 1.62. The molecule has 0 aromatic heterocycles. The average molecular weight is 212 g/mol. The highest BCUT2D eigenvalue weighted by Gasteiger charge is 2.23. The van der Waals surface area contributed by atoms with E-state index < -0.39 is 0 Å². The summed E-state index contributed by atoms with van der Waals surface area (Å²) in [6, 6.07) is 5.06. The topological polar surface area (TPSA) is 49.3 Å². The average Bonchev–Trinajstić information content (AvgIpc) is 2.57. The number of rotatable bonds is 1. The number of phenolic OH excluding ortho intramolecular Hbond substituents is 1. The predicted molar refractivity (Wildman–Crippen MR) is 53.5 cm³/mol. The van der Waals surface area contributed by atoms with Crippen LogP contribution in [0.1, 0.15) is 17.9 Å². The minimum absolute atomic E-state index is 0.0687. The highest BCUT2D eigenvalue weighted by molar-refractivity contribution is 6.32. The summed E-state index contributed by atoms with van der Waals surface area (Å²) in [4.78, 5) is 11.0. The molecule has 0 spiro atoms. The number of halogens is 1. The van der Waals surface area contributed by atoms with E-state index in [4.69, 9.17) is 11.6 Å². The highest BCUT2D eigenvalue weighted by Crippen LogP contribution is 2.30. The van der Waals surface area contributed by atoms with E-state index in [1.165, 1.54) is 0 Å². The molecule has 2 N–H and O–H groups in total. The SMILES string of the molecule is O=C1CC(c2ccc(O)c(Cl)c2)CN1. The van der Waals surface area contributed by atoms with Crippen LogP contribution in [-0.2, 0) is 4.79 Å². The third-order valence-electron chi connectivity index (χ3n) is 2.42. The van der Waals surface area contributed by atoms with Crippen molar-refractivity contribution in [3.63, 3.8) is 0 Å². The second-order valence-electron chi connectivity index (χ2n) is 3.42. The molecule has 1 aromatic rings. The molecule has 3 nitrogen and oxygen atoms in total. The summed E-state index contributed by atoms with van der Waals surface area (Å²) < 4.78 is 0.